The first-order chi connectivity index (χ1) is 22.6. The molecule has 246 valence electrons. The summed E-state index contributed by atoms with van der Waals surface area (Å²) in [6.45, 7) is 7.13. The van der Waals surface area contributed by atoms with Crippen molar-refractivity contribution in [2.45, 2.75) is 70.8 Å². The normalized spacial score (nSPS) is 16.9. The number of piperazine rings is 1. The Morgan fingerprint density at radius 1 is 0.936 bits per heavy atom. The number of aryl methyl sites for hydroxylation is 1. The molecule has 9 nitrogen and oxygen atoms in total. The smallest absolute Gasteiger partial charge is 0.410 e. The first kappa shape index (κ1) is 32.3. The van der Waals surface area contributed by atoms with Crippen LogP contribution in [0.1, 0.15) is 45.6 Å². The molecule has 1 unspecified atom stereocenters. The van der Waals surface area contributed by atoms with Crippen molar-refractivity contribution >= 4 is 34.5 Å². The van der Waals surface area contributed by atoms with Crippen LogP contribution < -0.4 is 4.90 Å². The molecule has 1 saturated carbocycles. The quantitative estimate of drug-likeness (QED) is 0.186. The highest BCUT2D eigenvalue weighted by molar-refractivity contribution is 6.04. The molecule has 6 rings (SSSR count). The molecule has 4 aromatic rings. The molecule has 1 aromatic heterocycles. The third kappa shape index (κ3) is 7.36. The van der Waals surface area contributed by atoms with Crippen LogP contribution in [-0.4, -0.2) is 76.8 Å². The summed E-state index contributed by atoms with van der Waals surface area (Å²) >= 11 is 0. The van der Waals surface area contributed by atoms with E-state index in [4.69, 9.17) is 9.47 Å². The first-order valence-corrected chi connectivity index (χ1v) is 16.4. The van der Waals surface area contributed by atoms with Crippen LogP contribution >= 0.6 is 0 Å². The number of aromatic nitrogens is 1. The van der Waals surface area contributed by atoms with Gasteiger partial charge in [-0.15, -0.1) is 0 Å². The lowest BCUT2D eigenvalue weighted by molar-refractivity contribution is -0.138. The maximum atomic E-state index is 14.8. The van der Waals surface area contributed by atoms with Gasteiger partial charge in [0.25, 0.3) is 0 Å². The van der Waals surface area contributed by atoms with Crippen LogP contribution in [-0.2, 0) is 32.2 Å². The summed E-state index contributed by atoms with van der Waals surface area (Å²) in [4.78, 5) is 47.0. The van der Waals surface area contributed by atoms with Gasteiger partial charge in [0.2, 0.25) is 11.8 Å². The number of hydrogen-bond acceptors (Lipinski definition) is 5. The van der Waals surface area contributed by atoms with Crippen molar-refractivity contribution in [3.05, 3.63) is 90.6 Å². The van der Waals surface area contributed by atoms with E-state index in [2.05, 4.69) is 22.9 Å². The van der Waals surface area contributed by atoms with Crippen LogP contribution in [0, 0.1) is 0 Å². The Morgan fingerprint density at radius 2 is 1.66 bits per heavy atom. The standard InChI is InChI=1S/C38H44N4O5/c1-38(2,3)47-37(45)40-25-34(42(35(43)26-40)31-15-10-14-28(22-31)27-12-6-5-7-13-27)36(44)41(30-18-19-30)24-29-23-39(20-11-21-46-4)33-17-9-8-16-32(29)33/h5-10,12-17,22-23,30,34H,11,18-21,24-26H2,1-4H3. The van der Waals surface area contributed by atoms with Crippen molar-refractivity contribution < 1.29 is 23.9 Å². The molecule has 47 heavy (non-hydrogen) atoms. The molecule has 3 amide bonds. The number of rotatable bonds is 10. The number of methoxy groups -OCH3 is 1. The second-order valence-electron chi connectivity index (χ2n) is 13.5. The molecular formula is C38H44N4O5. The van der Waals surface area contributed by atoms with Crippen molar-refractivity contribution in [1.82, 2.24) is 14.4 Å². The van der Waals surface area contributed by atoms with E-state index in [0.717, 1.165) is 53.4 Å². The van der Waals surface area contributed by atoms with E-state index >= 15 is 0 Å². The number of fused-ring (bicyclic) bond motifs is 1. The zero-order valence-corrected chi connectivity index (χ0v) is 27.7. The number of benzene rings is 3. The minimum Gasteiger partial charge on any atom is -0.444 e. The number of para-hydroxylation sites is 1. The molecule has 1 aliphatic carbocycles. The summed E-state index contributed by atoms with van der Waals surface area (Å²) in [7, 11) is 1.71. The Hall–Kier alpha value is -4.63. The summed E-state index contributed by atoms with van der Waals surface area (Å²) in [5, 5.41) is 1.10. The van der Waals surface area contributed by atoms with Crippen molar-refractivity contribution in [3.8, 4) is 11.1 Å². The monoisotopic (exact) mass is 636 g/mol. The van der Waals surface area contributed by atoms with Gasteiger partial charge in [-0.1, -0.05) is 60.7 Å². The van der Waals surface area contributed by atoms with E-state index in [-0.39, 0.29) is 30.9 Å². The van der Waals surface area contributed by atoms with Gasteiger partial charge in [-0.2, -0.15) is 0 Å². The highest BCUT2D eigenvalue weighted by Crippen LogP contribution is 2.34. The SMILES string of the molecule is COCCCn1cc(CN(C(=O)C2CN(C(=O)OC(C)(C)C)CC(=O)N2c2cccc(-c3ccccc3)c2)C2CC2)c2ccccc21. The van der Waals surface area contributed by atoms with E-state index in [1.165, 1.54) is 4.90 Å². The fourth-order valence-electron chi connectivity index (χ4n) is 6.37. The molecule has 1 atom stereocenters. The largest absolute Gasteiger partial charge is 0.444 e. The maximum absolute atomic E-state index is 14.8. The van der Waals surface area contributed by atoms with Gasteiger partial charge in [0.1, 0.15) is 18.2 Å². The number of amides is 3. The van der Waals surface area contributed by atoms with Crippen LogP contribution in [0.25, 0.3) is 22.0 Å². The van der Waals surface area contributed by atoms with E-state index in [1.54, 1.807) is 32.8 Å². The van der Waals surface area contributed by atoms with Gasteiger partial charge in [-0.05, 0) is 74.9 Å². The van der Waals surface area contributed by atoms with E-state index in [9.17, 15) is 14.4 Å². The van der Waals surface area contributed by atoms with Crippen LogP contribution in [0.2, 0.25) is 0 Å². The van der Waals surface area contributed by atoms with Crippen LogP contribution in [0.3, 0.4) is 0 Å². The fourth-order valence-corrected chi connectivity index (χ4v) is 6.37. The highest BCUT2D eigenvalue weighted by atomic mass is 16.6. The zero-order chi connectivity index (χ0) is 33.1. The molecule has 2 aliphatic rings. The Labute approximate surface area is 276 Å². The maximum Gasteiger partial charge on any atom is 0.410 e. The summed E-state index contributed by atoms with van der Waals surface area (Å²) in [6, 6.07) is 25.1. The Bertz CT molecular complexity index is 1740. The number of hydrogen-bond donors (Lipinski definition) is 0. The lowest BCUT2D eigenvalue weighted by Gasteiger charge is -2.42. The minimum absolute atomic E-state index is 0.0387. The molecule has 2 heterocycles. The lowest BCUT2D eigenvalue weighted by atomic mass is 10.0. The Morgan fingerprint density at radius 3 is 2.38 bits per heavy atom. The number of ether oxygens (including phenoxy) is 2. The fraction of sp³-hybridized carbons (Fsp3) is 0.395. The number of nitrogens with zero attached hydrogens (tertiary/aromatic N) is 4. The Balaban J connectivity index is 1.35. The van der Waals surface area contributed by atoms with Crippen LogP contribution in [0.5, 0.6) is 0 Å². The number of carbonyl (C=O) groups is 3. The van der Waals surface area contributed by atoms with Gasteiger partial charge in [0.05, 0.1) is 6.54 Å². The van der Waals surface area contributed by atoms with E-state index < -0.39 is 17.7 Å². The second kappa shape index (κ2) is 13.6. The summed E-state index contributed by atoms with van der Waals surface area (Å²) in [6.07, 6.45) is 4.22. The van der Waals surface area contributed by atoms with Gasteiger partial charge in [-0.25, -0.2) is 4.79 Å². The van der Waals surface area contributed by atoms with Crippen molar-refractivity contribution in [3.63, 3.8) is 0 Å². The van der Waals surface area contributed by atoms with Crippen molar-refractivity contribution in [2.24, 2.45) is 0 Å². The lowest BCUT2D eigenvalue weighted by Crippen LogP contribution is -2.63. The molecule has 0 radical (unpaired) electrons. The number of anilines is 1. The van der Waals surface area contributed by atoms with E-state index in [0.29, 0.717) is 18.8 Å². The van der Waals surface area contributed by atoms with Gasteiger partial charge in [-0.3, -0.25) is 19.4 Å². The summed E-state index contributed by atoms with van der Waals surface area (Å²) in [5.41, 5.74) is 4.02. The van der Waals surface area contributed by atoms with Gasteiger partial charge < -0.3 is 18.9 Å². The third-order valence-electron chi connectivity index (χ3n) is 8.70. The van der Waals surface area contributed by atoms with Crippen LogP contribution in [0.15, 0.2) is 85.1 Å². The predicted molar refractivity (Wildman–Crippen MR) is 183 cm³/mol. The Kier molecular flexibility index (Phi) is 9.36. The second-order valence-corrected chi connectivity index (χ2v) is 13.5. The molecule has 1 aliphatic heterocycles. The molecule has 2 fully saturated rings. The minimum atomic E-state index is -0.912. The predicted octanol–water partition coefficient (Wildman–Crippen LogP) is 6.49. The topological polar surface area (TPSA) is 84.3 Å². The molecule has 0 N–H and O–H groups in total. The molecule has 0 spiro atoms. The average Bonchev–Trinajstić information content (AvgIpc) is 3.85. The molecule has 3 aromatic carbocycles. The average molecular weight is 637 g/mol. The number of carbonyl (C=O) groups excluding carboxylic acids is 3. The first-order valence-electron chi connectivity index (χ1n) is 16.4. The summed E-state index contributed by atoms with van der Waals surface area (Å²) < 4.78 is 13.2. The van der Waals surface area contributed by atoms with Gasteiger partial charge in [0.15, 0.2) is 0 Å². The highest BCUT2D eigenvalue weighted by Gasteiger charge is 2.45. The van der Waals surface area contributed by atoms with E-state index in [1.807, 2.05) is 71.6 Å². The van der Waals surface area contributed by atoms with Crippen molar-refractivity contribution in [2.75, 3.05) is 31.7 Å². The third-order valence-corrected chi connectivity index (χ3v) is 8.70. The van der Waals surface area contributed by atoms with Crippen LogP contribution in [0.4, 0.5) is 10.5 Å². The van der Waals surface area contributed by atoms with Gasteiger partial charge >= 0.3 is 6.09 Å². The zero-order valence-electron chi connectivity index (χ0n) is 27.7. The molecule has 0 bridgehead atoms. The van der Waals surface area contributed by atoms with Crippen molar-refractivity contribution in [1.29, 1.82) is 0 Å². The molecule has 9 heteroatoms. The molecule has 1 saturated heterocycles. The molecular weight excluding hydrogens is 592 g/mol. The van der Waals surface area contributed by atoms with Gasteiger partial charge in [0, 0.05) is 55.6 Å². The summed E-state index contributed by atoms with van der Waals surface area (Å²) in [5.74, 6) is -0.494.